The maximum Gasteiger partial charge on any atom is 0.170 e. The third kappa shape index (κ3) is 5.77. The number of halogens is 2. The molecule has 2 aromatic carbocycles. The molecular formula is C29H30Cl2N4+2. The summed E-state index contributed by atoms with van der Waals surface area (Å²) in [7, 11) is 4.16. The minimum absolute atomic E-state index is 0.726. The maximum absolute atomic E-state index is 6.02. The molecule has 1 saturated carbocycles. The Kier molecular flexibility index (Phi) is 6.94. The summed E-state index contributed by atoms with van der Waals surface area (Å²) in [6, 6.07) is 24.6. The molecule has 178 valence electrons. The zero-order valence-corrected chi connectivity index (χ0v) is 21.6. The van der Waals surface area contributed by atoms with E-state index in [4.69, 9.17) is 23.2 Å². The van der Waals surface area contributed by atoms with Gasteiger partial charge in [-0.2, -0.15) is 0 Å². The molecule has 0 spiro atoms. The lowest BCUT2D eigenvalue weighted by atomic mass is 10.2. The molecule has 1 aliphatic carbocycles. The Bertz CT molecular complexity index is 1160. The second-order valence-electron chi connectivity index (χ2n) is 9.33. The van der Waals surface area contributed by atoms with Crippen LogP contribution >= 0.6 is 23.2 Å². The van der Waals surface area contributed by atoms with Crippen molar-refractivity contribution in [3.05, 3.63) is 108 Å². The average molecular weight is 505 g/mol. The van der Waals surface area contributed by atoms with Gasteiger partial charge in [-0.1, -0.05) is 23.2 Å². The summed E-state index contributed by atoms with van der Waals surface area (Å²) in [5.74, 6) is 1.45. The molecule has 0 unspecified atom stereocenters. The quantitative estimate of drug-likeness (QED) is 0.256. The van der Waals surface area contributed by atoms with Crippen molar-refractivity contribution < 1.29 is 9.13 Å². The fraction of sp³-hybridized carbons (Fsp3) is 0.241. The number of rotatable bonds is 8. The van der Waals surface area contributed by atoms with Crippen molar-refractivity contribution in [2.45, 2.75) is 19.5 Å². The first kappa shape index (κ1) is 23.7. The molecule has 4 nitrogen and oxygen atoms in total. The number of nitrogens with zero attached hydrogens (tertiary/aromatic N) is 4. The van der Waals surface area contributed by atoms with E-state index in [1.54, 1.807) is 0 Å². The highest BCUT2D eigenvalue weighted by atomic mass is 35.5. The lowest BCUT2D eigenvalue weighted by Gasteiger charge is -2.18. The molecule has 0 aliphatic heterocycles. The Morgan fingerprint density at radius 1 is 0.571 bits per heavy atom. The van der Waals surface area contributed by atoms with Crippen LogP contribution in [0.4, 0.5) is 22.7 Å². The molecule has 1 aliphatic rings. The highest BCUT2D eigenvalue weighted by Crippen LogP contribution is 2.39. The van der Waals surface area contributed by atoms with Crippen molar-refractivity contribution in [3.63, 3.8) is 0 Å². The van der Waals surface area contributed by atoms with Crippen LogP contribution in [0.15, 0.2) is 97.6 Å². The van der Waals surface area contributed by atoms with Gasteiger partial charge in [0.2, 0.25) is 0 Å². The van der Waals surface area contributed by atoms with Crippen LogP contribution in [0, 0.1) is 11.8 Å². The van der Waals surface area contributed by atoms with Crippen molar-refractivity contribution in [2.75, 3.05) is 23.9 Å². The summed E-state index contributed by atoms with van der Waals surface area (Å²) in [6.45, 7) is 2.13. The Hall–Kier alpha value is -3.08. The fourth-order valence-corrected chi connectivity index (χ4v) is 4.77. The van der Waals surface area contributed by atoms with E-state index in [9.17, 15) is 0 Å². The lowest BCUT2D eigenvalue weighted by Crippen LogP contribution is -2.37. The summed E-state index contributed by atoms with van der Waals surface area (Å²) in [6.07, 6.45) is 10.0. The lowest BCUT2D eigenvalue weighted by molar-refractivity contribution is -0.709. The van der Waals surface area contributed by atoms with Gasteiger partial charge in [0, 0.05) is 71.6 Å². The molecule has 0 saturated heterocycles. The van der Waals surface area contributed by atoms with E-state index in [1.165, 1.54) is 6.42 Å². The normalized spacial score (nSPS) is 16.7. The molecule has 4 aromatic rings. The number of hydrogen-bond donors (Lipinski definition) is 0. The van der Waals surface area contributed by atoms with E-state index >= 15 is 0 Å². The first-order valence-electron chi connectivity index (χ1n) is 11.9. The van der Waals surface area contributed by atoms with Gasteiger partial charge in [0.15, 0.2) is 37.9 Å². The van der Waals surface area contributed by atoms with Crippen LogP contribution in [-0.4, -0.2) is 14.1 Å². The van der Waals surface area contributed by atoms with Gasteiger partial charge in [-0.25, -0.2) is 9.13 Å². The van der Waals surface area contributed by atoms with Gasteiger partial charge >= 0.3 is 0 Å². The number of anilines is 4. The van der Waals surface area contributed by atoms with Gasteiger partial charge < -0.3 is 9.80 Å². The first-order chi connectivity index (χ1) is 17.0. The Morgan fingerprint density at radius 3 is 1.23 bits per heavy atom. The number of hydrogen-bond acceptors (Lipinski definition) is 2. The average Bonchev–Trinajstić information content (AvgIpc) is 3.61. The van der Waals surface area contributed by atoms with Gasteiger partial charge in [0.05, 0.1) is 11.4 Å². The maximum atomic E-state index is 6.02. The minimum Gasteiger partial charge on any atom is -0.344 e. The predicted octanol–water partition coefficient (Wildman–Crippen LogP) is 6.44. The molecule has 2 heterocycles. The van der Waals surface area contributed by atoms with Gasteiger partial charge in [-0.05, 0) is 55.0 Å². The largest absolute Gasteiger partial charge is 0.344 e. The van der Waals surface area contributed by atoms with Crippen LogP contribution < -0.4 is 18.9 Å². The van der Waals surface area contributed by atoms with E-state index in [2.05, 4.69) is 82.1 Å². The van der Waals surface area contributed by atoms with Crippen molar-refractivity contribution >= 4 is 46.0 Å². The smallest absolute Gasteiger partial charge is 0.170 e. The number of benzene rings is 2. The van der Waals surface area contributed by atoms with Crippen LogP contribution in [0.2, 0.25) is 10.0 Å². The van der Waals surface area contributed by atoms with E-state index in [0.29, 0.717) is 0 Å². The fourth-order valence-electron chi connectivity index (χ4n) is 4.52. The zero-order valence-electron chi connectivity index (χ0n) is 20.1. The van der Waals surface area contributed by atoms with E-state index in [0.717, 1.165) is 57.7 Å². The Balaban J connectivity index is 1.13. The minimum atomic E-state index is 0.726. The van der Waals surface area contributed by atoms with E-state index < -0.39 is 0 Å². The summed E-state index contributed by atoms with van der Waals surface area (Å²) < 4.78 is 4.61. The van der Waals surface area contributed by atoms with Crippen LogP contribution in [0.3, 0.4) is 0 Å². The van der Waals surface area contributed by atoms with Crippen LogP contribution in [0.5, 0.6) is 0 Å². The summed E-state index contributed by atoms with van der Waals surface area (Å²) in [5.41, 5.74) is 4.57. The molecule has 2 aromatic heterocycles. The molecule has 0 N–H and O–H groups in total. The van der Waals surface area contributed by atoms with E-state index in [-0.39, 0.29) is 0 Å². The first-order valence-corrected chi connectivity index (χ1v) is 12.7. The van der Waals surface area contributed by atoms with Gasteiger partial charge in [0.25, 0.3) is 0 Å². The molecule has 35 heavy (non-hydrogen) atoms. The third-order valence-corrected chi connectivity index (χ3v) is 7.41. The molecule has 0 amide bonds. The zero-order chi connectivity index (χ0) is 24.4. The summed E-state index contributed by atoms with van der Waals surface area (Å²) >= 11 is 12.0. The molecular weight excluding hydrogens is 475 g/mol. The summed E-state index contributed by atoms with van der Waals surface area (Å²) in [5, 5.41) is 1.51. The number of pyridine rings is 2. The van der Waals surface area contributed by atoms with Gasteiger partial charge in [-0.3, -0.25) is 0 Å². The predicted molar refractivity (Wildman–Crippen MR) is 144 cm³/mol. The van der Waals surface area contributed by atoms with E-state index in [1.807, 2.05) is 48.5 Å². The Morgan fingerprint density at radius 2 is 0.886 bits per heavy atom. The van der Waals surface area contributed by atoms with Crippen molar-refractivity contribution in [2.24, 2.45) is 11.8 Å². The Labute approximate surface area is 217 Å². The third-order valence-electron chi connectivity index (χ3n) is 6.91. The molecule has 1 fully saturated rings. The highest BCUT2D eigenvalue weighted by Gasteiger charge is 2.42. The molecule has 0 bridgehead atoms. The standard InChI is InChI=1S/C29H30Cl2N4/c1-32(26-7-3-24(30)4-8-26)28-11-15-34(16-12-28)20-22-19-23(22)21-35-17-13-29(14-18-35)33(2)27-9-5-25(31)6-10-27/h3-18,22-23H,19-21H2,1-2H3/q+2/t22-,23-/m0/s1. The van der Waals surface area contributed by atoms with Crippen LogP contribution in [0.25, 0.3) is 0 Å². The molecule has 5 rings (SSSR count). The van der Waals surface area contributed by atoms with Crippen molar-refractivity contribution in [1.29, 1.82) is 0 Å². The van der Waals surface area contributed by atoms with Gasteiger partial charge in [-0.15, -0.1) is 0 Å². The van der Waals surface area contributed by atoms with Gasteiger partial charge in [0.1, 0.15) is 0 Å². The molecule has 2 atom stereocenters. The monoisotopic (exact) mass is 504 g/mol. The highest BCUT2D eigenvalue weighted by molar-refractivity contribution is 6.30. The topological polar surface area (TPSA) is 14.2 Å². The number of aromatic nitrogens is 2. The SMILES string of the molecule is CN(c1ccc(Cl)cc1)c1cc[n+](C[C@@H]2C[C@H]2C[n+]2ccc(N(C)c3ccc(Cl)cc3)cc2)cc1. The second-order valence-corrected chi connectivity index (χ2v) is 10.2. The molecule has 0 radical (unpaired) electrons. The van der Waals surface area contributed by atoms with Crippen LogP contribution in [-0.2, 0) is 13.1 Å². The van der Waals surface area contributed by atoms with Crippen molar-refractivity contribution in [3.8, 4) is 0 Å². The summed E-state index contributed by atoms with van der Waals surface area (Å²) in [4.78, 5) is 4.34. The van der Waals surface area contributed by atoms with Crippen molar-refractivity contribution in [1.82, 2.24) is 0 Å². The van der Waals surface area contributed by atoms with Crippen LogP contribution in [0.1, 0.15) is 6.42 Å². The second kappa shape index (κ2) is 10.3. The molecule has 6 heteroatoms.